The Morgan fingerprint density at radius 3 is 2.35 bits per heavy atom. The molecule has 1 fully saturated rings. The number of nitrogens with zero attached hydrogens (tertiary/aromatic N) is 3. The largest absolute Gasteiger partial charge is 0.493 e. The second-order valence-electron chi connectivity index (χ2n) is 8.72. The number of anilines is 1. The Kier molecular flexibility index (Phi) is 8.80. The fraction of sp³-hybridized carbons (Fsp3) is 0.280. The summed E-state index contributed by atoms with van der Waals surface area (Å²) in [6, 6.07) is 13.5. The summed E-state index contributed by atoms with van der Waals surface area (Å²) in [5.41, 5.74) is 1.15. The third-order valence-electron chi connectivity index (χ3n) is 5.84. The van der Waals surface area contributed by atoms with Crippen LogP contribution in [0.2, 0.25) is 5.02 Å². The molecule has 214 valence electrons. The molecule has 0 saturated carbocycles. The first kappa shape index (κ1) is 29.5. The van der Waals surface area contributed by atoms with Crippen LogP contribution in [0.3, 0.4) is 0 Å². The van der Waals surface area contributed by atoms with Crippen LogP contribution in [0.5, 0.6) is 5.75 Å². The second-order valence-corrected chi connectivity index (χ2v) is 10.8. The molecule has 0 aliphatic carbocycles. The van der Waals surface area contributed by atoms with Gasteiger partial charge in [0, 0.05) is 25.7 Å². The highest BCUT2D eigenvalue weighted by molar-refractivity contribution is 7.92. The lowest BCUT2D eigenvalue weighted by Gasteiger charge is -2.32. The number of likely N-dealkylation sites (tertiary alicyclic amines) is 1. The summed E-state index contributed by atoms with van der Waals surface area (Å²) in [6.07, 6.45) is -4.87. The van der Waals surface area contributed by atoms with Crippen LogP contribution in [0.15, 0.2) is 65.6 Å². The zero-order valence-corrected chi connectivity index (χ0v) is 22.0. The van der Waals surface area contributed by atoms with Crippen molar-refractivity contribution in [1.29, 1.82) is 0 Å². The Hall–Kier alpha value is -3.49. The predicted octanol–water partition coefficient (Wildman–Crippen LogP) is 5.27. The molecule has 1 aliphatic rings. The minimum atomic E-state index is -5.63. The maximum Gasteiger partial charge on any atom is 0.493 e. The molecule has 1 saturated heterocycles. The van der Waals surface area contributed by atoms with Crippen LogP contribution in [0.25, 0.3) is 0 Å². The molecule has 15 heteroatoms. The topological polar surface area (TPSA) is 89.0 Å². The summed E-state index contributed by atoms with van der Waals surface area (Å²) >= 11 is 6.17. The molecule has 0 unspecified atom stereocenters. The van der Waals surface area contributed by atoms with Gasteiger partial charge in [0.15, 0.2) is 5.82 Å². The summed E-state index contributed by atoms with van der Waals surface area (Å²) in [5.74, 6) is -7.01. The maximum atomic E-state index is 15.1. The number of hydrogen-bond acceptors (Lipinski definition) is 7. The Labute approximate surface area is 230 Å². The van der Waals surface area contributed by atoms with Crippen LogP contribution in [-0.2, 0) is 26.2 Å². The number of alkyl halides is 3. The van der Waals surface area contributed by atoms with Crippen LogP contribution in [0, 0.1) is 11.8 Å². The molecule has 0 radical (unpaired) electrons. The van der Waals surface area contributed by atoms with Gasteiger partial charge in [-0.1, -0.05) is 52.5 Å². The van der Waals surface area contributed by atoms with Gasteiger partial charge in [-0.25, -0.2) is 9.18 Å². The summed E-state index contributed by atoms with van der Waals surface area (Å²) in [7, 11) is -5.43. The molecule has 4 rings (SSSR count). The molecule has 0 N–H and O–H groups in total. The number of piperidine rings is 1. The van der Waals surface area contributed by atoms with Crippen molar-refractivity contribution in [3.8, 4) is 5.75 Å². The minimum absolute atomic E-state index is 0.192. The standard InChI is InChI=1S/C25H21ClF5N3O5S/c26-18-13-21(40(36,37)34(39-24(35)25(29,30)31)23-8-4-7-22(28)32-23)19(27)14-20(18)38-17-9-11-33(12-10-17)15-16-5-2-1-3-6-16/h1-8,13-14,17H,9-12,15H2. The summed E-state index contributed by atoms with van der Waals surface area (Å²) in [6.45, 7) is 2.09. The first-order valence-corrected chi connectivity index (χ1v) is 13.6. The van der Waals surface area contributed by atoms with Gasteiger partial charge in [0.25, 0.3) is 10.0 Å². The fourth-order valence-corrected chi connectivity index (χ4v) is 5.48. The first-order valence-electron chi connectivity index (χ1n) is 11.7. The quantitative estimate of drug-likeness (QED) is 0.196. The van der Waals surface area contributed by atoms with Crippen molar-refractivity contribution in [2.75, 3.05) is 17.6 Å². The number of rotatable bonds is 8. The zero-order valence-electron chi connectivity index (χ0n) is 20.4. The molecule has 2 aromatic carbocycles. The molecular weight excluding hydrogens is 585 g/mol. The van der Waals surface area contributed by atoms with E-state index in [1.807, 2.05) is 30.3 Å². The average molecular weight is 606 g/mol. The molecule has 8 nitrogen and oxygen atoms in total. The highest BCUT2D eigenvalue weighted by atomic mass is 35.5. The SMILES string of the molecule is O=C(ON(c1cccc(F)n1)S(=O)(=O)c1cc(Cl)c(OC2CCN(Cc3ccccc3)CC2)cc1F)C(F)(F)F. The lowest BCUT2D eigenvalue weighted by molar-refractivity contribution is -0.199. The Morgan fingerprint density at radius 1 is 1.05 bits per heavy atom. The summed E-state index contributed by atoms with van der Waals surface area (Å²) < 4.78 is 98.7. The van der Waals surface area contributed by atoms with E-state index in [1.54, 1.807) is 0 Å². The van der Waals surface area contributed by atoms with E-state index >= 15 is 4.39 Å². The lowest BCUT2D eigenvalue weighted by atomic mass is 10.1. The number of benzene rings is 2. The smallest absolute Gasteiger partial charge is 0.489 e. The van der Waals surface area contributed by atoms with Crippen LogP contribution in [-0.4, -0.2) is 49.6 Å². The van der Waals surface area contributed by atoms with Gasteiger partial charge < -0.3 is 9.57 Å². The zero-order chi connectivity index (χ0) is 29.1. The van der Waals surface area contributed by atoms with Gasteiger partial charge in [-0.3, -0.25) is 4.90 Å². The normalized spacial score (nSPS) is 15.1. The van der Waals surface area contributed by atoms with Crippen molar-refractivity contribution in [2.24, 2.45) is 0 Å². The van der Waals surface area contributed by atoms with Crippen LogP contribution in [0.1, 0.15) is 18.4 Å². The lowest BCUT2D eigenvalue weighted by Crippen LogP contribution is -2.39. The van der Waals surface area contributed by atoms with Crippen LogP contribution >= 0.6 is 11.6 Å². The highest BCUT2D eigenvalue weighted by Crippen LogP contribution is 2.35. The van der Waals surface area contributed by atoms with E-state index in [0.717, 1.165) is 30.3 Å². The van der Waals surface area contributed by atoms with Crippen molar-refractivity contribution >= 4 is 33.4 Å². The van der Waals surface area contributed by atoms with E-state index in [1.165, 1.54) is 0 Å². The minimum Gasteiger partial charge on any atom is -0.489 e. The number of aromatic nitrogens is 1. The fourth-order valence-electron chi connectivity index (χ4n) is 3.94. The van der Waals surface area contributed by atoms with E-state index in [2.05, 4.69) is 14.7 Å². The number of carbonyl (C=O) groups excluding carboxylic acids is 1. The molecule has 1 aromatic heterocycles. The maximum absolute atomic E-state index is 15.1. The third-order valence-corrected chi connectivity index (χ3v) is 7.71. The molecule has 1 aliphatic heterocycles. The number of carbonyl (C=O) groups is 1. The van der Waals surface area contributed by atoms with E-state index in [9.17, 15) is 30.8 Å². The van der Waals surface area contributed by atoms with Gasteiger partial charge >= 0.3 is 12.1 Å². The number of ether oxygens (including phenoxy) is 1. The molecule has 0 spiro atoms. The van der Waals surface area contributed by atoms with Crippen LogP contribution in [0.4, 0.5) is 27.8 Å². The molecule has 0 atom stereocenters. The van der Waals surface area contributed by atoms with E-state index in [-0.39, 0.29) is 16.9 Å². The van der Waals surface area contributed by atoms with E-state index < -0.39 is 49.1 Å². The van der Waals surface area contributed by atoms with Gasteiger partial charge in [-0.15, -0.1) is 0 Å². The molecule has 2 heterocycles. The molecular formula is C25H21ClF5N3O5S. The average Bonchev–Trinajstić information content (AvgIpc) is 2.90. The van der Waals surface area contributed by atoms with Crippen molar-refractivity contribution in [3.63, 3.8) is 0 Å². The Balaban J connectivity index is 1.53. The Morgan fingerprint density at radius 2 is 1.73 bits per heavy atom. The number of hydrogen-bond donors (Lipinski definition) is 0. The van der Waals surface area contributed by atoms with Crippen molar-refractivity contribution in [2.45, 2.75) is 36.6 Å². The van der Waals surface area contributed by atoms with Gasteiger partial charge in [-0.2, -0.15) is 31.0 Å². The van der Waals surface area contributed by atoms with Gasteiger partial charge in [0.1, 0.15) is 22.6 Å². The second kappa shape index (κ2) is 11.9. The van der Waals surface area contributed by atoms with Crippen LogP contribution < -0.4 is 9.21 Å². The molecule has 0 amide bonds. The van der Waals surface area contributed by atoms with Crippen molar-refractivity contribution in [3.05, 3.63) is 83.0 Å². The third kappa shape index (κ3) is 6.98. The highest BCUT2D eigenvalue weighted by Gasteiger charge is 2.45. The van der Waals surface area contributed by atoms with Crippen molar-refractivity contribution < 1.29 is 44.7 Å². The van der Waals surface area contributed by atoms with Gasteiger partial charge in [-0.05, 0) is 36.6 Å². The summed E-state index contributed by atoms with van der Waals surface area (Å²) in [4.78, 5) is 19.5. The number of sulfonamides is 1. The van der Waals surface area contributed by atoms with Gasteiger partial charge in [0.05, 0.1) is 5.02 Å². The van der Waals surface area contributed by atoms with E-state index in [0.29, 0.717) is 38.1 Å². The number of halogens is 6. The molecule has 3 aromatic rings. The van der Waals surface area contributed by atoms with Gasteiger partial charge in [0.2, 0.25) is 5.95 Å². The monoisotopic (exact) mass is 605 g/mol. The number of pyridine rings is 1. The molecule has 40 heavy (non-hydrogen) atoms. The predicted molar refractivity (Wildman–Crippen MR) is 133 cm³/mol. The van der Waals surface area contributed by atoms with Crippen molar-refractivity contribution in [1.82, 2.24) is 9.88 Å². The summed E-state index contributed by atoms with van der Waals surface area (Å²) in [5, 5.41) is -0.374. The van der Waals surface area contributed by atoms with E-state index in [4.69, 9.17) is 16.3 Å². The Bertz CT molecular complexity index is 1470. The molecule has 0 bridgehead atoms. The first-order chi connectivity index (χ1) is 18.8.